The summed E-state index contributed by atoms with van der Waals surface area (Å²) >= 11 is 0. The van der Waals surface area contributed by atoms with Crippen LogP contribution >= 0.6 is 0 Å². The van der Waals surface area contributed by atoms with Gasteiger partial charge in [0.15, 0.2) is 23.2 Å². The minimum atomic E-state index is -1.39. The van der Waals surface area contributed by atoms with Crippen LogP contribution in [-0.2, 0) is 0 Å². The van der Waals surface area contributed by atoms with Crippen LogP contribution in [0.4, 0.5) is 17.6 Å². The molecule has 3 aromatic rings. The lowest BCUT2D eigenvalue weighted by atomic mass is 9.79. The van der Waals surface area contributed by atoms with E-state index in [0.717, 1.165) is 37.8 Å². The van der Waals surface area contributed by atoms with Gasteiger partial charge in [-0.25, -0.2) is 18.0 Å². The van der Waals surface area contributed by atoms with Gasteiger partial charge >= 0.3 is 5.97 Å². The van der Waals surface area contributed by atoms with Gasteiger partial charge in [0.25, 0.3) is 0 Å². The molecule has 0 bridgehead atoms. The van der Waals surface area contributed by atoms with Crippen LogP contribution < -0.4 is 9.47 Å². The molecule has 0 spiro atoms. The summed E-state index contributed by atoms with van der Waals surface area (Å²) in [5.41, 5.74) is 0.283. The molecule has 0 radical (unpaired) electrons. The molecule has 1 aliphatic carbocycles. The van der Waals surface area contributed by atoms with Crippen LogP contribution in [0.5, 0.6) is 11.5 Å². The van der Waals surface area contributed by atoms with Gasteiger partial charge in [-0.05, 0) is 66.5 Å². The highest BCUT2D eigenvalue weighted by atomic mass is 19.2. The molecule has 0 saturated heterocycles. The Hall–Kier alpha value is -3.61. The second-order valence-corrected chi connectivity index (χ2v) is 9.37. The standard InChI is InChI=1S/C30H28F4O3/c1-3-4-17-36-25-16-15-24(28(33)29(25)34)30(35)37-21-11-9-20(10-12-21)23-14-13-22(26(31)27(23)32)19-7-5-18(2)6-8-19/h3,9-16,18-19H,1,4-8,17H2,2H3. The maximum Gasteiger partial charge on any atom is 0.346 e. The predicted octanol–water partition coefficient (Wildman–Crippen LogP) is 8.38. The summed E-state index contributed by atoms with van der Waals surface area (Å²) in [6.45, 7) is 5.80. The highest BCUT2D eigenvalue weighted by molar-refractivity contribution is 5.91. The van der Waals surface area contributed by atoms with Crippen molar-refractivity contribution < 1.29 is 31.8 Å². The molecule has 37 heavy (non-hydrogen) atoms. The van der Waals surface area contributed by atoms with E-state index in [9.17, 15) is 22.4 Å². The van der Waals surface area contributed by atoms with Gasteiger partial charge in [-0.15, -0.1) is 6.58 Å². The van der Waals surface area contributed by atoms with Gasteiger partial charge in [0.1, 0.15) is 5.75 Å². The number of hydrogen-bond acceptors (Lipinski definition) is 3. The number of ether oxygens (including phenoxy) is 2. The molecule has 0 amide bonds. The van der Waals surface area contributed by atoms with Crippen LogP contribution in [0, 0.1) is 29.2 Å². The third-order valence-electron chi connectivity index (χ3n) is 6.79. The fourth-order valence-corrected chi connectivity index (χ4v) is 4.59. The molecule has 0 heterocycles. The third kappa shape index (κ3) is 5.87. The first-order valence-corrected chi connectivity index (χ1v) is 12.3. The minimum Gasteiger partial charge on any atom is -0.490 e. The smallest absolute Gasteiger partial charge is 0.346 e. The molecular formula is C30H28F4O3. The molecule has 1 fully saturated rings. The topological polar surface area (TPSA) is 35.5 Å². The molecule has 3 nitrogen and oxygen atoms in total. The Kier molecular flexibility index (Phi) is 8.31. The second-order valence-electron chi connectivity index (χ2n) is 9.37. The number of hydrogen-bond donors (Lipinski definition) is 0. The highest BCUT2D eigenvalue weighted by Gasteiger charge is 2.25. The fourth-order valence-electron chi connectivity index (χ4n) is 4.59. The van der Waals surface area contributed by atoms with E-state index in [0.29, 0.717) is 23.5 Å². The largest absolute Gasteiger partial charge is 0.490 e. The van der Waals surface area contributed by atoms with Gasteiger partial charge in [0.05, 0.1) is 12.2 Å². The second kappa shape index (κ2) is 11.6. The zero-order chi connectivity index (χ0) is 26.5. The van der Waals surface area contributed by atoms with Gasteiger partial charge in [-0.3, -0.25) is 0 Å². The molecule has 0 atom stereocenters. The molecular weight excluding hydrogens is 484 g/mol. The van der Waals surface area contributed by atoms with Gasteiger partial charge in [0, 0.05) is 5.56 Å². The molecule has 4 rings (SSSR count). The number of esters is 1. The number of benzene rings is 3. The summed E-state index contributed by atoms with van der Waals surface area (Å²) in [5, 5.41) is 0. The van der Waals surface area contributed by atoms with Gasteiger partial charge in [0.2, 0.25) is 5.82 Å². The highest BCUT2D eigenvalue weighted by Crippen LogP contribution is 2.39. The van der Waals surface area contributed by atoms with Crippen LogP contribution in [-0.4, -0.2) is 12.6 Å². The van der Waals surface area contributed by atoms with Crippen molar-refractivity contribution in [3.63, 3.8) is 0 Å². The summed E-state index contributed by atoms with van der Waals surface area (Å²) in [6, 6.07) is 11.1. The van der Waals surface area contributed by atoms with E-state index in [-0.39, 0.29) is 29.6 Å². The van der Waals surface area contributed by atoms with Gasteiger partial charge < -0.3 is 9.47 Å². The van der Waals surface area contributed by atoms with E-state index in [1.165, 1.54) is 24.3 Å². The quantitative estimate of drug-likeness (QED) is 0.1000. The molecule has 1 saturated carbocycles. The van der Waals surface area contributed by atoms with Crippen molar-refractivity contribution in [2.45, 2.75) is 44.9 Å². The number of rotatable bonds is 8. The van der Waals surface area contributed by atoms with E-state index in [1.807, 2.05) is 0 Å². The summed E-state index contributed by atoms with van der Waals surface area (Å²) < 4.78 is 68.9. The first-order chi connectivity index (χ1) is 17.8. The van der Waals surface area contributed by atoms with Crippen molar-refractivity contribution in [3.05, 3.63) is 95.6 Å². The zero-order valence-corrected chi connectivity index (χ0v) is 20.5. The van der Waals surface area contributed by atoms with Gasteiger partial charge in [-0.1, -0.05) is 50.1 Å². The first kappa shape index (κ1) is 26.5. The molecule has 1 aliphatic rings. The first-order valence-electron chi connectivity index (χ1n) is 12.3. The Morgan fingerprint density at radius 2 is 1.59 bits per heavy atom. The van der Waals surface area contributed by atoms with Crippen molar-refractivity contribution >= 4 is 5.97 Å². The van der Waals surface area contributed by atoms with Crippen LogP contribution in [0.1, 0.15) is 60.9 Å². The molecule has 0 unspecified atom stereocenters. The summed E-state index contributed by atoms with van der Waals surface area (Å²) in [6.07, 6.45) is 5.69. The van der Waals surface area contributed by atoms with Crippen molar-refractivity contribution in [1.29, 1.82) is 0 Å². The van der Waals surface area contributed by atoms with Crippen molar-refractivity contribution in [3.8, 4) is 22.6 Å². The molecule has 0 N–H and O–H groups in total. The van der Waals surface area contributed by atoms with Crippen LogP contribution in [0.3, 0.4) is 0 Å². The van der Waals surface area contributed by atoms with E-state index < -0.39 is 34.8 Å². The normalized spacial score (nSPS) is 17.3. The van der Waals surface area contributed by atoms with Crippen molar-refractivity contribution in [2.75, 3.05) is 6.61 Å². The molecule has 0 aromatic heterocycles. The maximum absolute atomic E-state index is 15.0. The third-order valence-corrected chi connectivity index (χ3v) is 6.79. The lowest BCUT2D eigenvalue weighted by molar-refractivity contribution is 0.0728. The van der Waals surface area contributed by atoms with E-state index in [2.05, 4.69) is 13.5 Å². The van der Waals surface area contributed by atoms with Crippen molar-refractivity contribution in [1.82, 2.24) is 0 Å². The van der Waals surface area contributed by atoms with Crippen molar-refractivity contribution in [2.24, 2.45) is 5.92 Å². The van der Waals surface area contributed by atoms with Crippen LogP contribution in [0.15, 0.2) is 61.2 Å². The Morgan fingerprint density at radius 1 is 0.892 bits per heavy atom. The number of carbonyl (C=O) groups excluding carboxylic acids is 1. The van der Waals surface area contributed by atoms with E-state index in [1.54, 1.807) is 18.2 Å². The monoisotopic (exact) mass is 512 g/mol. The molecule has 0 aliphatic heterocycles. The summed E-state index contributed by atoms with van der Waals surface area (Å²) in [7, 11) is 0. The molecule has 3 aromatic carbocycles. The van der Waals surface area contributed by atoms with Crippen LogP contribution in [0.2, 0.25) is 0 Å². The number of carbonyl (C=O) groups is 1. The number of halogens is 4. The maximum atomic E-state index is 15.0. The molecule has 194 valence electrons. The van der Waals surface area contributed by atoms with Gasteiger partial charge in [-0.2, -0.15) is 4.39 Å². The Morgan fingerprint density at radius 3 is 2.27 bits per heavy atom. The lowest BCUT2D eigenvalue weighted by Gasteiger charge is -2.27. The zero-order valence-electron chi connectivity index (χ0n) is 20.5. The average Bonchev–Trinajstić information content (AvgIpc) is 2.89. The fraction of sp³-hybridized carbons (Fsp3) is 0.300. The Labute approximate surface area is 213 Å². The summed E-state index contributed by atoms with van der Waals surface area (Å²) in [5.74, 6) is -5.21. The SMILES string of the molecule is C=CCCOc1ccc(C(=O)Oc2ccc(-c3ccc(C4CCC(C)CC4)c(F)c3F)cc2)c(F)c1F. The predicted molar refractivity (Wildman–Crippen MR) is 134 cm³/mol. The summed E-state index contributed by atoms with van der Waals surface area (Å²) in [4.78, 5) is 12.4. The Balaban J connectivity index is 1.47. The Bertz CT molecular complexity index is 1280. The lowest BCUT2D eigenvalue weighted by Crippen LogP contribution is -2.13. The van der Waals surface area contributed by atoms with E-state index in [4.69, 9.17) is 9.47 Å². The molecule has 7 heteroatoms. The van der Waals surface area contributed by atoms with Crippen LogP contribution in [0.25, 0.3) is 11.1 Å². The minimum absolute atomic E-state index is 0.0135. The van der Waals surface area contributed by atoms with E-state index >= 15 is 0 Å². The average molecular weight is 513 g/mol.